The first kappa shape index (κ1) is 18.0. The molecule has 0 radical (unpaired) electrons. The van der Waals surface area contributed by atoms with E-state index in [1.807, 2.05) is 42.2 Å². The molecule has 3 heterocycles. The predicted molar refractivity (Wildman–Crippen MR) is 105 cm³/mol. The Morgan fingerprint density at radius 1 is 1.15 bits per heavy atom. The largest absolute Gasteiger partial charge is 0.497 e. The first-order valence-electron chi connectivity index (χ1n) is 9.64. The van der Waals surface area contributed by atoms with Crippen LogP contribution in [-0.4, -0.2) is 60.5 Å². The molecule has 27 heavy (non-hydrogen) atoms. The van der Waals surface area contributed by atoms with Crippen LogP contribution >= 0.6 is 0 Å². The highest BCUT2D eigenvalue weighted by Gasteiger charge is 2.44. The Morgan fingerprint density at radius 3 is 2.63 bits per heavy atom. The minimum atomic E-state index is 0.0557. The van der Waals surface area contributed by atoms with Crippen LogP contribution < -0.4 is 4.74 Å². The van der Waals surface area contributed by atoms with E-state index in [9.17, 15) is 4.79 Å². The second kappa shape index (κ2) is 7.31. The van der Waals surface area contributed by atoms with E-state index < -0.39 is 0 Å². The molecule has 0 aliphatic carbocycles. The monoisotopic (exact) mass is 365 g/mol. The van der Waals surface area contributed by atoms with Gasteiger partial charge in [0.25, 0.3) is 5.91 Å². The van der Waals surface area contributed by atoms with E-state index in [1.165, 1.54) is 5.56 Å². The van der Waals surface area contributed by atoms with Gasteiger partial charge in [-0.2, -0.15) is 0 Å². The van der Waals surface area contributed by atoms with Crippen molar-refractivity contribution in [1.29, 1.82) is 0 Å². The van der Waals surface area contributed by atoms with E-state index in [2.05, 4.69) is 29.1 Å². The summed E-state index contributed by atoms with van der Waals surface area (Å²) in [4.78, 5) is 21.9. The fraction of sp³-hybridized carbons (Fsp3) is 0.455. The maximum Gasteiger partial charge on any atom is 0.272 e. The minimum absolute atomic E-state index is 0.0557. The van der Waals surface area contributed by atoms with Crippen LogP contribution in [0.5, 0.6) is 5.75 Å². The van der Waals surface area contributed by atoms with Gasteiger partial charge in [-0.25, -0.2) is 4.98 Å². The highest BCUT2D eigenvalue weighted by molar-refractivity contribution is 5.92. The number of aryl methyl sites for hydroxylation is 1. The highest BCUT2D eigenvalue weighted by atomic mass is 16.5. The molecule has 0 unspecified atom stereocenters. The number of nitrogens with zero attached hydrogens (tertiary/aromatic N) is 3. The van der Waals surface area contributed by atoms with Crippen LogP contribution in [0.25, 0.3) is 0 Å². The Balaban J connectivity index is 1.55. The maximum absolute atomic E-state index is 13.0. The van der Waals surface area contributed by atoms with Gasteiger partial charge in [0.1, 0.15) is 11.4 Å². The van der Waals surface area contributed by atoms with Gasteiger partial charge in [-0.05, 0) is 50.2 Å². The molecule has 142 valence electrons. The summed E-state index contributed by atoms with van der Waals surface area (Å²) in [6, 6.07) is 14.6. The van der Waals surface area contributed by atoms with Crippen molar-refractivity contribution in [3.8, 4) is 5.75 Å². The van der Waals surface area contributed by atoms with Gasteiger partial charge in [-0.15, -0.1) is 0 Å². The lowest BCUT2D eigenvalue weighted by Gasteiger charge is -2.38. The van der Waals surface area contributed by atoms with E-state index in [1.54, 1.807) is 7.11 Å². The molecule has 4 rings (SSSR count). The summed E-state index contributed by atoms with van der Waals surface area (Å²) >= 11 is 0. The number of ether oxygens (including phenoxy) is 1. The minimum Gasteiger partial charge on any atom is -0.497 e. The number of carbonyl (C=O) groups excluding carboxylic acids is 1. The molecule has 2 saturated heterocycles. The lowest BCUT2D eigenvalue weighted by atomic mass is 9.81. The van der Waals surface area contributed by atoms with Gasteiger partial charge in [0.15, 0.2) is 0 Å². The van der Waals surface area contributed by atoms with Crippen LogP contribution in [0.1, 0.15) is 34.1 Å². The van der Waals surface area contributed by atoms with Crippen LogP contribution in [-0.2, 0) is 0 Å². The smallest absolute Gasteiger partial charge is 0.272 e. The number of rotatable bonds is 3. The SMILES string of the molecule is COc1ccc([C@H]2CN(C)[C@@H]3CCN(C(=O)c4cccc(C)n4)C[C@H]23)cc1. The zero-order valence-electron chi connectivity index (χ0n) is 16.3. The quantitative estimate of drug-likeness (QED) is 0.839. The third-order valence-electron chi connectivity index (χ3n) is 6.13. The molecule has 2 aliphatic heterocycles. The van der Waals surface area contributed by atoms with Crippen molar-refractivity contribution >= 4 is 5.91 Å². The number of hydrogen-bond donors (Lipinski definition) is 0. The maximum atomic E-state index is 13.0. The summed E-state index contributed by atoms with van der Waals surface area (Å²) in [7, 11) is 3.90. The summed E-state index contributed by atoms with van der Waals surface area (Å²) in [5, 5.41) is 0. The fourth-order valence-corrected chi connectivity index (χ4v) is 4.71. The number of likely N-dealkylation sites (N-methyl/N-ethyl adjacent to an activating group) is 1. The molecular formula is C22H27N3O2. The van der Waals surface area contributed by atoms with Gasteiger partial charge in [0.2, 0.25) is 0 Å². The Labute approximate surface area is 161 Å². The number of hydrogen-bond acceptors (Lipinski definition) is 4. The summed E-state index contributed by atoms with van der Waals surface area (Å²) in [5.74, 6) is 1.82. The predicted octanol–water partition coefficient (Wildman–Crippen LogP) is 2.96. The first-order valence-corrected chi connectivity index (χ1v) is 9.64. The Hall–Kier alpha value is -2.40. The third kappa shape index (κ3) is 3.44. The normalized spacial score (nSPS) is 25.3. The van der Waals surface area contributed by atoms with Crippen molar-refractivity contribution in [2.45, 2.75) is 25.3 Å². The molecule has 5 nitrogen and oxygen atoms in total. The topological polar surface area (TPSA) is 45.7 Å². The van der Waals surface area contributed by atoms with Crippen LogP contribution in [0.3, 0.4) is 0 Å². The third-order valence-corrected chi connectivity index (χ3v) is 6.13. The average Bonchev–Trinajstić information content (AvgIpc) is 3.03. The molecule has 2 aliphatic rings. The number of likely N-dealkylation sites (tertiary alicyclic amines) is 2. The van der Waals surface area contributed by atoms with E-state index in [0.29, 0.717) is 23.6 Å². The molecule has 0 N–H and O–H groups in total. The van der Waals surface area contributed by atoms with Gasteiger partial charge in [-0.3, -0.25) is 4.79 Å². The van der Waals surface area contributed by atoms with E-state index in [4.69, 9.17) is 4.74 Å². The van der Waals surface area contributed by atoms with Gasteiger partial charge in [-0.1, -0.05) is 18.2 Å². The van der Waals surface area contributed by atoms with Gasteiger partial charge >= 0.3 is 0 Å². The molecular weight excluding hydrogens is 338 g/mol. The number of amides is 1. The van der Waals surface area contributed by atoms with Crippen molar-refractivity contribution in [3.05, 3.63) is 59.4 Å². The molecule has 2 fully saturated rings. The number of fused-ring (bicyclic) bond motifs is 1. The zero-order chi connectivity index (χ0) is 19.0. The fourth-order valence-electron chi connectivity index (χ4n) is 4.71. The lowest BCUT2D eigenvalue weighted by molar-refractivity contribution is 0.0601. The molecule has 0 bridgehead atoms. The van der Waals surface area contributed by atoms with Crippen molar-refractivity contribution in [2.75, 3.05) is 33.8 Å². The molecule has 2 aromatic rings. The van der Waals surface area contributed by atoms with E-state index >= 15 is 0 Å². The molecule has 1 amide bonds. The lowest BCUT2D eigenvalue weighted by Crippen LogP contribution is -2.48. The number of benzene rings is 1. The Kier molecular flexibility index (Phi) is 4.87. The second-order valence-corrected chi connectivity index (χ2v) is 7.75. The van der Waals surface area contributed by atoms with Gasteiger partial charge in [0.05, 0.1) is 7.11 Å². The molecule has 1 aromatic carbocycles. The Morgan fingerprint density at radius 2 is 1.93 bits per heavy atom. The number of pyridine rings is 1. The summed E-state index contributed by atoms with van der Waals surface area (Å²) in [6.07, 6.45) is 1.02. The van der Waals surface area contributed by atoms with Gasteiger partial charge in [0, 0.05) is 43.2 Å². The van der Waals surface area contributed by atoms with E-state index in [0.717, 1.165) is 37.5 Å². The number of aromatic nitrogens is 1. The molecule has 0 saturated carbocycles. The number of carbonyl (C=O) groups is 1. The standard InChI is InChI=1S/C22H27N3O2/c1-15-5-4-6-20(23-15)22(26)25-12-11-21-19(14-25)18(13-24(21)2)16-7-9-17(27-3)10-8-16/h4-10,18-19,21H,11-14H2,1-3H3/t18-,19-,21-/m1/s1. The average molecular weight is 365 g/mol. The summed E-state index contributed by atoms with van der Waals surface area (Å²) in [6.45, 7) is 4.55. The molecule has 1 aromatic heterocycles. The van der Waals surface area contributed by atoms with Crippen LogP contribution in [0.4, 0.5) is 0 Å². The molecule has 0 spiro atoms. The second-order valence-electron chi connectivity index (χ2n) is 7.75. The van der Waals surface area contributed by atoms with Gasteiger partial charge < -0.3 is 14.5 Å². The molecule has 3 atom stereocenters. The van der Waals surface area contributed by atoms with Crippen molar-refractivity contribution in [2.24, 2.45) is 5.92 Å². The van der Waals surface area contributed by atoms with Crippen LogP contribution in [0.15, 0.2) is 42.5 Å². The zero-order valence-corrected chi connectivity index (χ0v) is 16.3. The number of piperidine rings is 1. The molecule has 5 heteroatoms. The Bertz CT molecular complexity index is 821. The van der Waals surface area contributed by atoms with Crippen molar-refractivity contribution in [3.63, 3.8) is 0 Å². The van der Waals surface area contributed by atoms with Crippen molar-refractivity contribution < 1.29 is 9.53 Å². The van der Waals surface area contributed by atoms with Crippen LogP contribution in [0.2, 0.25) is 0 Å². The van der Waals surface area contributed by atoms with Crippen molar-refractivity contribution in [1.82, 2.24) is 14.8 Å². The summed E-state index contributed by atoms with van der Waals surface area (Å²) in [5.41, 5.74) is 2.77. The number of methoxy groups -OCH3 is 1. The highest BCUT2D eigenvalue weighted by Crippen LogP contribution is 2.41. The first-order chi connectivity index (χ1) is 13.1. The van der Waals surface area contributed by atoms with Crippen LogP contribution in [0, 0.1) is 12.8 Å². The summed E-state index contributed by atoms with van der Waals surface area (Å²) < 4.78 is 5.30. The van der Waals surface area contributed by atoms with E-state index in [-0.39, 0.29) is 5.91 Å².